The van der Waals surface area contributed by atoms with Gasteiger partial charge in [-0.05, 0) is 12.8 Å². The first kappa shape index (κ1) is 11.4. The van der Waals surface area contributed by atoms with Gasteiger partial charge in [-0.25, -0.2) is 0 Å². The van der Waals surface area contributed by atoms with Crippen LogP contribution in [0.1, 0.15) is 31.0 Å². The van der Waals surface area contributed by atoms with Gasteiger partial charge in [0.2, 0.25) is 0 Å². The lowest BCUT2D eigenvalue weighted by Crippen LogP contribution is -2.21. The maximum atomic E-state index is 5.36. The van der Waals surface area contributed by atoms with Crippen molar-refractivity contribution in [1.82, 2.24) is 10.2 Å². The van der Waals surface area contributed by atoms with Gasteiger partial charge in [0.15, 0.2) is 12.1 Å². The first-order valence-electron chi connectivity index (χ1n) is 5.70. The normalized spacial score (nSPS) is 17.2. The third-order valence-electron chi connectivity index (χ3n) is 2.70. The molecule has 0 bridgehead atoms. The highest BCUT2D eigenvalue weighted by molar-refractivity contribution is 5.48. The Morgan fingerprint density at radius 2 is 2.12 bits per heavy atom. The van der Waals surface area contributed by atoms with Crippen LogP contribution in [-0.2, 0) is 9.47 Å². The summed E-state index contributed by atoms with van der Waals surface area (Å²) in [6, 6.07) is 0. The summed E-state index contributed by atoms with van der Waals surface area (Å²) in [4.78, 5) is 0. The predicted molar refractivity (Wildman–Crippen MR) is 61.6 cm³/mol. The zero-order chi connectivity index (χ0) is 11.5. The molecule has 5 heteroatoms. The Morgan fingerprint density at radius 1 is 1.44 bits per heavy atom. The zero-order valence-electron chi connectivity index (χ0n) is 10.0. The molecule has 0 aromatic carbocycles. The number of hydrogen-bond acceptors (Lipinski definition) is 4. The van der Waals surface area contributed by atoms with E-state index in [2.05, 4.69) is 29.4 Å². The van der Waals surface area contributed by atoms with E-state index in [1.54, 1.807) is 0 Å². The fourth-order valence-electron chi connectivity index (χ4n) is 1.98. The molecule has 0 radical (unpaired) electrons. The summed E-state index contributed by atoms with van der Waals surface area (Å²) in [5.41, 5.74) is 2.35. The fraction of sp³-hybridized carbons (Fsp3) is 0.727. The molecule has 0 aliphatic carbocycles. The lowest BCUT2D eigenvalue weighted by molar-refractivity contribution is -0.0299. The Kier molecular flexibility index (Phi) is 3.46. The van der Waals surface area contributed by atoms with Gasteiger partial charge >= 0.3 is 0 Å². The first-order chi connectivity index (χ1) is 7.68. The Balaban J connectivity index is 1.97. The lowest BCUT2D eigenvalue weighted by atomic mass is 10.0. The van der Waals surface area contributed by atoms with Crippen LogP contribution >= 0.6 is 0 Å². The van der Waals surface area contributed by atoms with Gasteiger partial charge in [0.05, 0.1) is 19.8 Å². The van der Waals surface area contributed by atoms with Crippen molar-refractivity contribution in [3.63, 3.8) is 0 Å². The van der Waals surface area contributed by atoms with Gasteiger partial charge in [-0.3, -0.25) is 5.10 Å². The van der Waals surface area contributed by atoms with E-state index in [-0.39, 0.29) is 6.29 Å². The minimum absolute atomic E-state index is 0.142. The van der Waals surface area contributed by atoms with Gasteiger partial charge in [-0.15, -0.1) is 0 Å². The van der Waals surface area contributed by atoms with Gasteiger partial charge in [0.25, 0.3) is 0 Å². The fourth-order valence-corrected chi connectivity index (χ4v) is 1.98. The van der Waals surface area contributed by atoms with E-state index in [0.717, 1.165) is 11.5 Å². The van der Waals surface area contributed by atoms with E-state index in [1.807, 2.05) is 6.92 Å². The van der Waals surface area contributed by atoms with Gasteiger partial charge in [0.1, 0.15) is 0 Å². The number of nitrogens with zero attached hydrogens (tertiary/aromatic N) is 1. The molecule has 0 saturated carbocycles. The van der Waals surface area contributed by atoms with Crippen molar-refractivity contribution in [3.05, 3.63) is 11.3 Å². The number of ether oxygens (including phenoxy) is 2. The second-order valence-electron chi connectivity index (χ2n) is 4.32. The molecule has 0 unspecified atom stereocenters. The van der Waals surface area contributed by atoms with Gasteiger partial charge < -0.3 is 14.8 Å². The highest BCUT2D eigenvalue weighted by atomic mass is 16.7. The van der Waals surface area contributed by atoms with Crippen molar-refractivity contribution in [2.45, 2.75) is 33.0 Å². The van der Waals surface area contributed by atoms with Crippen LogP contribution in [0, 0.1) is 6.92 Å². The number of rotatable bonds is 4. The van der Waals surface area contributed by atoms with Crippen LogP contribution < -0.4 is 5.32 Å². The molecule has 1 aromatic heterocycles. The summed E-state index contributed by atoms with van der Waals surface area (Å²) < 4.78 is 10.7. The third-order valence-corrected chi connectivity index (χ3v) is 2.70. The van der Waals surface area contributed by atoms with E-state index in [1.165, 1.54) is 5.56 Å². The monoisotopic (exact) mass is 225 g/mol. The SMILES string of the molecule is Cc1[nH]nc(NCC2OCCO2)c1C(C)C. The van der Waals surface area contributed by atoms with Crippen molar-refractivity contribution in [1.29, 1.82) is 0 Å². The molecule has 16 heavy (non-hydrogen) atoms. The molecule has 1 aliphatic heterocycles. The summed E-state index contributed by atoms with van der Waals surface area (Å²) in [7, 11) is 0. The second kappa shape index (κ2) is 4.84. The van der Waals surface area contributed by atoms with E-state index < -0.39 is 0 Å². The average Bonchev–Trinajstić information content (AvgIpc) is 2.83. The van der Waals surface area contributed by atoms with E-state index in [0.29, 0.717) is 25.7 Å². The molecule has 5 nitrogen and oxygen atoms in total. The first-order valence-corrected chi connectivity index (χ1v) is 5.70. The largest absolute Gasteiger partial charge is 0.363 e. The van der Waals surface area contributed by atoms with E-state index >= 15 is 0 Å². The van der Waals surface area contributed by atoms with Crippen molar-refractivity contribution in [2.75, 3.05) is 25.1 Å². The molecule has 1 fully saturated rings. The minimum Gasteiger partial charge on any atom is -0.363 e. The number of hydrogen-bond donors (Lipinski definition) is 2. The molecule has 1 aliphatic rings. The second-order valence-corrected chi connectivity index (χ2v) is 4.32. The van der Waals surface area contributed by atoms with Crippen molar-refractivity contribution in [3.8, 4) is 0 Å². The molecule has 1 saturated heterocycles. The van der Waals surface area contributed by atoms with Crippen LogP contribution in [0.3, 0.4) is 0 Å². The molecule has 0 spiro atoms. The van der Waals surface area contributed by atoms with Crippen LogP contribution in [-0.4, -0.2) is 36.2 Å². The number of anilines is 1. The average molecular weight is 225 g/mol. The zero-order valence-corrected chi connectivity index (χ0v) is 10.0. The molecule has 2 N–H and O–H groups in total. The van der Waals surface area contributed by atoms with Gasteiger partial charge in [-0.2, -0.15) is 5.10 Å². The third kappa shape index (κ3) is 2.36. The number of aromatic amines is 1. The molecule has 90 valence electrons. The molecule has 0 atom stereocenters. The molecular weight excluding hydrogens is 206 g/mol. The maximum Gasteiger partial charge on any atom is 0.174 e. The Labute approximate surface area is 95.5 Å². The maximum absolute atomic E-state index is 5.36. The summed E-state index contributed by atoms with van der Waals surface area (Å²) in [5.74, 6) is 1.36. The minimum atomic E-state index is -0.142. The highest BCUT2D eigenvalue weighted by Crippen LogP contribution is 2.25. The number of H-pyrrole nitrogens is 1. The Bertz CT molecular complexity index is 343. The topological polar surface area (TPSA) is 59.2 Å². The van der Waals surface area contributed by atoms with Crippen LogP contribution in [0.25, 0.3) is 0 Å². The predicted octanol–water partition coefficient (Wildman–Crippen LogP) is 1.63. The smallest absolute Gasteiger partial charge is 0.174 e. The summed E-state index contributed by atoms with van der Waals surface area (Å²) >= 11 is 0. The van der Waals surface area contributed by atoms with Crippen molar-refractivity contribution >= 4 is 5.82 Å². The van der Waals surface area contributed by atoms with E-state index in [4.69, 9.17) is 9.47 Å². The molecule has 2 rings (SSSR count). The molecule has 2 heterocycles. The highest BCUT2D eigenvalue weighted by Gasteiger charge is 2.18. The van der Waals surface area contributed by atoms with Crippen molar-refractivity contribution in [2.24, 2.45) is 0 Å². The Hall–Kier alpha value is -1.07. The number of nitrogens with one attached hydrogen (secondary N) is 2. The quantitative estimate of drug-likeness (QED) is 0.817. The lowest BCUT2D eigenvalue weighted by Gasteiger charge is -2.12. The van der Waals surface area contributed by atoms with Crippen LogP contribution in [0.4, 0.5) is 5.82 Å². The molecular formula is C11H19N3O2. The van der Waals surface area contributed by atoms with Gasteiger partial charge in [0, 0.05) is 11.3 Å². The van der Waals surface area contributed by atoms with Crippen LogP contribution in [0.5, 0.6) is 0 Å². The Morgan fingerprint density at radius 3 is 2.75 bits per heavy atom. The summed E-state index contributed by atoms with van der Waals surface area (Å²) in [6.07, 6.45) is -0.142. The van der Waals surface area contributed by atoms with Crippen LogP contribution in [0.2, 0.25) is 0 Å². The standard InChI is InChI=1S/C11H19N3O2/c1-7(2)10-8(3)13-14-11(10)12-6-9-15-4-5-16-9/h7,9H,4-6H2,1-3H3,(H2,12,13,14). The molecule has 1 aromatic rings. The van der Waals surface area contributed by atoms with Gasteiger partial charge in [-0.1, -0.05) is 13.8 Å². The molecule has 0 amide bonds. The number of aryl methyl sites for hydroxylation is 1. The van der Waals surface area contributed by atoms with E-state index in [9.17, 15) is 0 Å². The summed E-state index contributed by atoms with van der Waals surface area (Å²) in [5, 5.41) is 10.5. The summed E-state index contributed by atoms with van der Waals surface area (Å²) in [6.45, 7) is 8.36. The van der Waals surface area contributed by atoms with Crippen molar-refractivity contribution < 1.29 is 9.47 Å². The number of aromatic nitrogens is 2. The van der Waals surface area contributed by atoms with Crippen LogP contribution in [0.15, 0.2) is 0 Å².